The normalized spacial score (nSPS) is 10.3. The molecule has 0 saturated carbocycles. The van der Waals surface area contributed by atoms with Gasteiger partial charge in [0.2, 0.25) is 5.95 Å². The van der Waals surface area contributed by atoms with Crippen molar-refractivity contribution in [3.05, 3.63) is 35.9 Å². The minimum atomic E-state index is 0.623. The van der Waals surface area contributed by atoms with Crippen molar-refractivity contribution in [3.63, 3.8) is 0 Å². The Bertz CT molecular complexity index is 493. The molecule has 0 aliphatic rings. The molecule has 1 N–H and O–H groups in total. The van der Waals surface area contributed by atoms with Gasteiger partial charge in [0.05, 0.1) is 6.54 Å². The molecule has 0 radical (unpaired) electrons. The molecule has 2 rings (SSSR count). The summed E-state index contributed by atoms with van der Waals surface area (Å²) in [5.41, 5.74) is 0. The van der Waals surface area contributed by atoms with Crippen LogP contribution in [0.1, 0.15) is 11.5 Å². The molecule has 0 spiro atoms. The van der Waals surface area contributed by atoms with Crippen molar-refractivity contribution < 1.29 is 4.42 Å². The molecule has 0 atom stereocenters. The molecule has 0 aliphatic carbocycles. The van der Waals surface area contributed by atoms with Gasteiger partial charge in [-0.3, -0.25) is 0 Å². The lowest BCUT2D eigenvalue weighted by molar-refractivity contribution is 0.490. The van der Waals surface area contributed by atoms with E-state index in [1.807, 2.05) is 44.1 Å². The fourth-order valence-electron chi connectivity index (χ4n) is 1.42. The number of furan rings is 1. The van der Waals surface area contributed by atoms with Gasteiger partial charge in [-0.25, -0.2) is 4.98 Å². The first-order valence-electron chi connectivity index (χ1n) is 5.45. The van der Waals surface area contributed by atoms with Crippen LogP contribution < -0.4 is 10.2 Å². The zero-order valence-corrected chi connectivity index (χ0v) is 10.3. The van der Waals surface area contributed by atoms with E-state index in [-0.39, 0.29) is 0 Å². The topological polar surface area (TPSA) is 54.2 Å². The number of hydrogen-bond donors (Lipinski definition) is 1. The van der Waals surface area contributed by atoms with E-state index in [4.69, 9.17) is 4.42 Å². The zero-order chi connectivity index (χ0) is 12.3. The molecular weight excluding hydrogens is 216 g/mol. The van der Waals surface area contributed by atoms with E-state index in [0.717, 1.165) is 17.3 Å². The molecule has 5 heteroatoms. The first-order chi connectivity index (χ1) is 8.15. The number of aromatic nitrogens is 2. The monoisotopic (exact) mass is 232 g/mol. The lowest BCUT2D eigenvalue weighted by Crippen LogP contribution is -2.13. The Morgan fingerprint density at radius 2 is 2.12 bits per heavy atom. The Labute approximate surface area is 100 Å². The summed E-state index contributed by atoms with van der Waals surface area (Å²) in [6, 6.07) is 5.74. The van der Waals surface area contributed by atoms with Crippen molar-refractivity contribution in [2.24, 2.45) is 0 Å². The summed E-state index contributed by atoms with van der Waals surface area (Å²) in [6.45, 7) is 2.55. The van der Waals surface area contributed by atoms with Crippen LogP contribution in [0.15, 0.2) is 28.8 Å². The van der Waals surface area contributed by atoms with Gasteiger partial charge in [0.15, 0.2) is 0 Å². The van der Waals surface area contributed by atoms with Crippen LogP contribution in [0.5, 0.6) is 0 Å². The van der Waals surface area contributed by atoms with Gasteiger partial charge < -0.3 is 14.6 Å². The molecule has 0 aromatic carbocycles. The molecule has 5 nitrogen and oxygen atoms in total. The molecule has 0 amide bonds. The molecule has 2 aromatic heterocycles. The third-order valence-electron chi connectivity index (χ3n) is 2.28. The summed E-state index contributed by atoms with van der Waals surface area (Å²) < 4.78 is 5.47. The minimum absolute atomic E-state index is 0.623. The van der Waals surface area contributed by atoms with Crippen LogP contribution in [0.2, 0.25) is 0 Å². The van der Waals surface area contributed by atoms with Gasteiger partial charge in [-0.05, 0) is 25.1 Å². The first-order valence-corrected chi connectivity index (χ1v) is 5.45. The zero-order valence-electron chi connectivity index (χ0n) is 10.3. The van der Waals surface area contributed by atoms with Crippen molar-refractivity contribution in [1.82, 2.24) is 9.97 Å². The van der Waals surface area contributed by atoms with E-state index in [9.17, 15) is 0 Å². The summed E-state index contributed by atoms with van der Waals surface area (Å²) in [4.78, 5) is 10.4. The Kier molecular flexibility index (Phi) is 3.27. The minimum Gasteiger partial charge on any atom is -0.465 e. The Hall–Kier alpha value is -2.04. The highest BCUT2D eigenvalue weighted by Gasteiger charge is 2.02. The van der Waals surface area contributed by atoms with E-state index in [2.05, 4.69) is 15.3 Å². The number of rotatable bonds is 4. The quantitative estimate of drug-likeness (QED) is 0.874. The third kappa shape index (κ3) is 2.96. The highest BCUT2D eigenvalue weighted by Crippen LogP contribution is 2.11. The molecule has 0 aliphatic heterocycles. The van der Waals surface area contributed by atoms with Crippen molar-refractivity contribution in [3.8, 4) is 0 Å². The SMILES string of the molecule is Cc1ccc(CNc2ccnc(N(C)C)n2)o1. The maximum Gasteiger partial charge on any atom is 0.226 e. The molecule has 2 heterocycles. The van der Waals surface area contributed by atoms with Gasteiger partial charge in [-0.2, -0.15) is 4.98 Å². The number of nitrogens with one attached hydrogen (secondary N) is 1. The maximum atomic E-state index is 5.47. The number of hydrogen-bond acceptors (Lipinski definition) is 5. The van der Waals surface area contributed by atoms with Crippen LogP contribution in [0.25, 0.3) is 0 Å². The van der Waals surface area contributed by atoms with Gasteiger partial charge >= 0.3 is 0 Å². The highest BCUT2D eigenvalue weighted by atomic mass is 16.3. The van der Waals surface area contributed by atoms with E-state index in [0.29, 0.717) is 12.5 Å². The van der Waals surface area contributed by atoms with Gasteiger partial charge in [0, 0.05) is 20.3 Å². The van der Waals surface area contributed by atoms with Crippen molar-refractivity contribution in [1.29, 1.82) is 0 Å². The smallest absolute Gasteiger partial charge is 0.226 e. The van der Waals surface area contributed by atoms with Crippen molar-refractivity contribution >= 4 is 11.8 Å². The van der Waals surface area contributed by atoms with Gasteiger partial charge in [0.1, 0.15) is 17.3 Å². The van der Waals surface area contributed by atoms with Crippen molar-refractivity contribution in [2.75, 3.05) is 24.3 Å². The van der Waals surface area contributed by atoms with Gasteiger partial charge in [-0.15, -0.1) is 0 Å². The van der Waals surface area contributed by atoms with E-state index < -0.39 is 0 Å². The number of aryl methyl sites for hydroxylation is 1. The largest absolute Gasteiger partial charge is 0.465 e. The van der Waals surface area contributed by atoms with Crippen LogP contribution in [0.4, 0.5) is 11.8 Å². The summed E-state index contributed by atoms with van der Waals surface area (Å²) in [5.74, 6) is 3.29. The first kappa shape index (κ1) is 11.4. The molecule has 0 saturated heterocycles. The van der Waals surface area contributed by atoms with E-state index in [1.165, 1.54) is 0 Å². The van der Waals surface area contributed by atoms with Crippen LogP contribution in [-0.2, 0) is 6.54 Å². The predicted octanol–water partition coefficient (Wildman–Crippen LogP) is 2.06. The Morgan fingerprint density at radius 3 is 2.76 bits per heavy atom. The summed E-state index contributed by atoms with van der Waals surface area (Å²) in [7, 11) is 3.82. The van der Waals surface area contributed by atoms with Crippen LogP contribution in [-0.4, -0.2) is 24.1 Å². The third-order valence-corrected chi connectivity index (χ3v) is 2.28. The fraction of sp³-hybridized carbons (Fsp3) is 0.333. The van der Waals surface area contributed by atoms with Gasteiger partial charge in [0.25, 0.3) is 0 Å². The second kappa shape index (κ2) is 4.86. The van der Waals surface area contributed by atoms with E-state index in [1.54, 1.807) is 6.20 Å². The molecule has 0 fully saturated rings. The fourth-order valence-corrected chi connectivity index (χ4v) is 1.42. The average molecular weight is 232 g/mol. The maximum absolute atomic E-state index is 5.47. The van der Waals surface area contributed by atoms with E-state index >= 15 is 0 Å². The standard InChI is InChI=1S/C12H16N4O/c1-9-4-5-10(17-9)8-14-11-6-7-13-12(15-11)16(2)3/h4-7H,8H2,1-3H3,(H,13,14,15). The summed E-state index contributed by atoms with van der Waals surface area (Å²) in [6.07, 6.45) is 1.73. The van der Waals surface area contributed by atoms with Crippen LogP contribution in [0.3, 0.4) is 0 Å². The molecule has 0 unspecified atom stereocenters. The molecular formula is C12H16N4O. The van der Waals surface area contributed by atoms with Crippen LogP contribution in [0, 0.1) is 6.92 Å². The molecule has 2 aromatic rings. The number of anilines is 2. The molecule has 0 bridgehead atoms. The number of nitrogens with zero attached hydrogens (tertiary/aromatic N) is 3. The van der Waals surface area contributed by atoms with Crippen molar-refractivity contribution in [2.45, 2.75) is 13.5 Å². The summed E-state index contributed by atoms with van der Waals surface area (Å²) >= 11 is 0. The lowest BCUT2D eigenvalue weighted by Gasteiger charge is -2.11. The molecule has 90 valence electrons. The summed E-state index contributed by atoms with van der Waals surface area (Å²) in [5, 5.41) is 3.20. The lowest BCUT2D eigenvalue weighted by atomic mass is 10.4. The Morgan fingerprint density at radius 1 is 1.29 bits per heavy atom. The molecule has 17 heavy (non-hydrogen) atoms. The Balaban J connectivity index is 2.01. The van der Waals surface area contributed by atoms with Gasteiger partial charge in [-0.1, -0.05) is 0 Å². The highest BCUT2D eigenvalue weighted by molar-refractivity contribution is 5.40. The van der Waals surface area contributed by atoms with Crippen LogP contribution >= 0.6 is 0 Å². The second-order valence-corrected chi connectivity index (χ2v) is 4.00. The predicted molar refractivity (Wildman–Crippen MR) is 67.1 cm³/mol. The second-order valence-electron chi connectivity index (χ2n) is 4.00. The average Bonchev–Trinajstić information content (AvgIpc) is 2.73.